The smallest absolute Gasteiger partial charge is 0.423 e. The standard InChI is InChI=1S/C13H10F6O6S2/c1-7(2)10(20)25-9-5-3-8(4-6-9)11(26(21,22)12(14,15)16)27(23,24)13(17,18)19/h3-6,11H,1H2,2H3. The highest BCUT2D eigenvalue weighted by Crippen LogP contribution is 2.44. The van der Waals surface area contributed by atoms with Crippen molar-refractivity contribution in [3.63, 3.8) is 0 Å². The van der Waals surface area contributed by atoms with E-state index in [1.165, 1.54) is 6.92 Å². The van der Waals surface area contributed by atoms with Crippen LogP contribution in [0.3, 0.4) is 0 Å². The molecule has 0 atom stereocenters. The number of ether oxygens (including phenoxy) is 1. The van der Waals surface area contributed by atoms with Gasteiger partial charge in [-0.25, -0.2) is 21.6 Å². The molecule has 27 heavy (non-hydrogen) atoms. The van der Waals surface area contributed by atoms with Crippen molar-refractivity contribution < 1.29 is 52.7 Å². The molecular formula is C13H10F6O6S2. The van der Waals surface area contributed by atoms with Crippen LogP contribution in [0.15, 0.2) is 36.4 Å². The van der Waals surface area contributed by atoms with E-state index in [4.69, 9.17) is 0 Å². The summed E-state index contributed by atoms with van der Waals surface area (Å²) in [5.74, 6) is -1.37. The number of rotatable bonds is 5. The molecule has 0 unspecified atom stereocenters. The number of sulfone groups is 2. The van der Waals surface area contributed by atoms with Gasteiger partial charge in [-0.2, -0.15) is 26.3 Å². The Kier molecular flexibility index (Phi) is 6.07. The second kappa shape index (κ2) is 7.14. The van der Waals surface area contributed by atoms with E-state index in [0.717, 1.165) is 0 Å². The summed E-state index contributed by atoms with van der Waals surface area (Å²) in [6.07, 6.45) is 0. The largest absolute Gasteiger partial charge is 0.499 e. The maximum absolute atomic E-state index is 12.7. The molecule has 0 saturated carbocycles. The third-order valence-corrected chi connectivity index (χ3v) is 7.40. The van der Waals surface area contributed by atoms with Gasteiger partial charge in [0.05, 0.1) is 0 Å². The van der Waals surface area contributed by atoms with Crippen molar-refractivity contribution in [2.45, 2.75) is 22.5 Å². The van der Waals surface area contributed by atoms with Crippen molar-refractivity contribution in [2.75, 3.05) is 0 Å². The van der Waals surface area contributed by atoms with E-state index in [9.17, 15) is 48.0 Å². The number of carbonyl (C=O) groups excluding carboxylic acids is 1. The molecule has 0 aliphatic heterocycles. The van der Waals surface area contributed by atoms with E-state index in [2.05, 4.69) is 11.3 Å². The van der Waals surface area contributed by atoms with E-state index in [1.54, 1.807) is 0 Å². The minimum absolute atomic E-state index is 0.0868. The lowest BCUT2D eigenvalue weighted by atomic mass is 10.2. The Balaban J connectivity index is 3.55. The van der Waals surface area contributed by atoms with Crippen molar-refractivity contribution in [1.82, 2.24) is 0 Å². The van der Waals surface area contributed by atoms with Crippen molar-refractivity contribution >= 4 is 25.6 Å². The van der Waals surface area contributed by atoms with Gasteiger partial charge in [-0.05, 0) is 24.6 Å². The Morgan fingerprint density at radius 2 is 1.30 bits per heavy atom. The highest BCUT2D eigenvalue weighted by molar-refractivity contribution is 8.09. The Morgan fingerprint density at radius 1 is 0.926 bits per heavy atom. The second-order valence-corrected chi connectivity index (χ2v) is 9.40. The van der Waals surface area contributed by atoms with Gasteiger partial charge in [-0.15, -0.1) is 0 Å². The Hall–Kier alpha value is -2.09. The topological polar surface area (TPSA) is 94.6 Å². The minimum atomic E-state index is -6.81. The van der Waals surface area contributed by atoms with Crippen LogP contribution in [0.1, 0.15) is 17.1 Å². The van der Waals surface area contributed by atoms with Crippen LogP contribution >= 0.6 is 0 Å². The summed E-state index contributed by atoms with van der Waals surface area (Å²) in [5.41, 5.74) is -14.0. The summed E-state index contributed by atoms with van der Waals surface area (Å²) in [6.45, 7) is 4.48. The number of halogens is 6. The van der Waals surface area contributed by atoms with Gasteiger partial charge in [0.2, 0.25) is 4.58 Å². The van der Waals surface area contributed by atoms with Crippen LogP contribution in [-0.4, -0.2) is 33.8 Å². The van der Waals surface area contributed by atoms with E-state index in [0.29, 0.717) is 24.3 Å². The molecule has 0 spiro atoms. The predicted octanol–water partition coefficient (Wildman–Crippen LogP) is 3.04. The summed E-state index contributed by atoms with van der Waals surface area (Å²) in [7, 11) is -13.6. The molecule has 0 bridgehead atoms. The van der Waals surface area contributed by atoms with Gasteiger partial charge >= 0.3 is 17.0 Å². The SMILES string of the molecule is C=C(C)C(=O)Oc1ccc(C(S(=O)(=O)C(F)(F)F)S(=O)(=O)C(F)(F)F)cc1. The van der Waals surface area contributed by atoms with Crippen LogP contribution in [0.4, 0.5) is 26.3 Å². The molecule has 0 aliphatic rings. The highest BCUT2D eigenvalue weighted by Gasteiger charge is 2.63. The first-order valence-corrected chi connectivity index (χ1v) is 9.60. The number of carbonyl (C=O) groups is 1. The van der Waals surface area contributed by atoms with Gasteiger partial charge in [0.1, 0.15) is 5.75 Å². The van der Waals surface area contributed by atoms with Crippen LogP contribution in [0.2, 0.25) is 0 Å². The first-order chi connectivity index (χ1) is 11.9. The zero-order valence-corrected chi connectivity index (χ0v) is 14.8. The maximum atomic E-state index is 12.7. The molecule has 14 heteroatoms. The summed E-state index contributed by atoms with van der Waals surface area (Å²) < 4.78 is 123. The molecule has 0 saturated heterocycles. The molecule has 0 N–H and O–H groups in total. The molecule has 1 rings (SSSR count). The summed E-state index contributed by atoms with van der Waals surface area (Å²) in [4.78, 5) is 11.3. The lowest BCUT2D eigenvalue weighted by Gasteiger charge is -2.21. The molecule has 152 valence electrons. The normalized spacial score (nSPS) is 13.5. The molecule has 0 aliphatic carbocycles. The molecule has 1 aromatic carbocycles. The van der Waals surface area contributed by atoms with Crippen LogP contribution in [-0.2, 0) is 24.5 Å². The van der Waals surface area contributed by atoms with Crippen molar-refractivity contribution in [3.8, 4) is 5.75 Å². The van der Waals surface area contributed by atoms with Gasteiger partial charge in [0.25, 0.3) is 19.7 Å². The fourth-order valence-electron chi connectivity index (χ4n) is 1.65. The Morgan fingerprint density at radius 3 is 1.59 bits per heavy atom. The fraction of sp³-hybridized carbons (Fsp3) is 0.308. The van der Waals surface area contributed by atoms with Gasteiger partial charge < -0.3 is 4.74 Å². The highest BCUT2D eigenvalue weighted by atomic mass is 32.3. The van der Waals surface area contributed by atoms with E-state index < -0.39 is 46.8 Å². The molecule has 0 radical (unpaired) electrons. The van der Waals surface area contributed by atoms with E-state index >= 15 is 0 Å². The van der Waals surface area contributed by atoms with Crippen molar-refractivity contribution in [1.29, 1.82) is 0 Å². The quantitative estimate of drug-likeness (QED) is 0.302. The van der Waals surface area contributed by atoms with Gasteiger partial charge in [-0.1, -0.05) is 18.7 Å². The number of benzene rings is 1. The van der Waals surface area contributed by atoms with Crippen LogP contribution in [0.5, 0.6) is 5.75 Å². The van der Waals surface area contributed by atoms with E-state index in [1.807, 2.05) is 0 Å². The minimum Gasteiger partial charge on any atom is -0.423 e. The lowest BCUT2D eigenvalue weighted by molar-refractivity contribution is -0.130. The molecule has 6 nitrogen and oxygen atoms in total. The maximum Gasteiger partial charge on any atom is 0.499 e. The summed E-state index contributed by atoms with van der Waals surface area (Å²) >= 11 is 0. The third kappa shape index (κ3) is 4.61. The molecule has 0 amide bonds. The van der Waals surface area contributed by atoms with Crippen LogP contribution in [0.25, 0.3) is 0 Å². The second-order valence-electron chi connectivity index (χ2n) is 5.05. The average Bonchev–Trinajstić information content (AvgIpc) is 2.46. The number of hydrogen-bond acceptors (Lipinski definition) is 6. The van der Waals surface area contributed by atoms with Crippen molar-refractivity contribution in [3.05, 3.63) is 42.0 Å². The van der Waals surface area contributed by atoms with Gasteiger partial charge in [-0.3, -0.25) is 0 Å². The first kappa shape index (κ1) is 23.0. The summed E-state index contributed by atoms with van der Waals surface area (Å²) in [5, 5.41) is 0. The molecule has 0 heterocycles. The van der Waals surface area contributed by atoms with E-state index in [-0.39, 0.29) is 11.3 Å². The fourth-order valence-corrected chi connectivity index (χ4v) is 5.16. The monoisotopic (exact) mass is 440 g/mol. The van der Waals surface area contributed by atoms with Crippen LogP contribution < -0.4 is 4.74 Å². The summed E-state index contributed by atoms with van der Waals surface area (Å²) in [6, 6.07) is 2.00. The molecule has 0 fully saturated rings. The zero-order valence-electron chi connectivity index (χ0n) is 13.1. The lowest BCUT2D eigenvalue weighted by Crippen LogP contribution is -2.39. The first-order valence-electron chi connectivity index (χ1n) is 6.51. The van der Waals surface area contributed by atoms with Gasteiger partial charge in [0, 0.05) is 5.57 Å². The number of hydrogen-bond donors (Lipinski definition) is 0. The molecule has 0 aromatic heterocycles. The van der Waals surface area contributed by atoms with Crippen LogP contribution in [0, 0.1) is 0 Å². The molecule has 1 aromatic rings. The number of alkyl halides is 6. The predicted molar refractivity (Wildman–Crippen MR) is 79.6 cm³/mol. The Bertz CT molecular complexity index is 898. The number of esters is 1. The average molecular weight is 440 g/mol. The van der Waals surface area contributed by atoms with Gasteiger partial charge in [0.15, 0.2) is 0 Å². The van der Waals surface area contributed by atoms with Crippen molar-refractivity contribution in [2.24, 2.45) is 0 Å². The third-order valence-electron chi connectivity index (χ3n) is 2.92. The molecular weight excluding hydrogens is 430 g/mol. The zero-order chi connectivity index (χ0) is 21.4. The Labute approximate surface area is 149 Å².